The molecule has 0 spiro atoms. The van der Waals surface area contributed by atoms with E-state index in [0.717, 1.165) is 5.39 Å². The number of ether oxygens (including phenoxy) is 1. The number of pyridine rings is 1. The normalized spacial score (nSPS) is 15.4. The number of likely N-dealkylation sites (N-methyl/N-ethyl adjacent to an activating group) is 1. The number of methoxy groups -OCH3 is 1. The van der Waals surface area contributed by atoms with Crippen LogP contribution in [0.25, 0.3) is 33.1 Å². The van der Waals surface area contributed by atoms with E-state index >= 15 is 0 Å². The van der Waals surface area contributed by atoms with Gasteiger partial charge in [0, 0.05) is 55.1 Å². The lowest BCUT2D eigenvalue weighted by Gasteiger charge is -2.34. The first-order chi connectivity index (χ1) is 17.2. The van der Waals surface area contributed by atoms with E-state index in [4.69, 9.17) is 4.74 Å². The van der Waals surface area contributed by atoms with Gasteiger partial charge in [0.2, 0.25) is 0 Å². The van der Waals surface area contributed by atoms with Gasteiger partial charge in [-0.1, -0.05) is 12.1 Å². The molecule has 3 heterocycles. The Morgan fingerprint density at radius 3 is 2.42 bits per heavy atom. The summed E-state index contributed by atoms with van der Waals surface area (Å²) in [5.74, 6) is -0.977. The number of hydrogen-bond donors (Lipinski definition) is 1. The van der Waals surface area contributed by atoms with Crippen LogP contribution in [0.3, 0.4) is 0 Å². The number of carbonyl (C=O) groups is 1. The summed E-state index contributed by atoms with van der Waals surface area (Å²) >= 11 is 0. The highest BCUT2D eigenvalue weighted by Crippen LogP contribution is 2.34. The molecule has 1 aliphatic rings. The van der Waals surface area contributed by atoms with Gasteiger partial charge < -0.3 is 14.6 Å². The minimum Gasteiger partial charge on any atom is -0.464 e. The van der Waals surface area contributed by atoms with Crippen molar-refractivity contribution in [2.45, 2.75) is 0 Å². The average Bonchev–Trinajstić information content (AvgIpc) is 3.25. The fraction of sp³-hybridized carbons (Fsp3) is 0.280. The summed E-state index contributed by atoms with van der Waals surface area (Å²) in [4.78, 5) is 22.2. The molecule has 0 saturated carbocycles. The van der Waals surface area contributed by atoms with Gasteiger partial charge in [-0.15, -0.1) is 0 Å². The maximum atomic E-state index is 13.9. The predicted molar refractivity (Wildman–Crippen MR) is 137 cm³/mol. The predicted octanol–water partition coefficient (Wildman–Crippen LogP) is 3.24. The Balaban J connectivity index is 1.55. The Bertz CT molecular complexity index is 1560. The first kappa shape index (κ1) is 24.2. The number of hydrogen-bond acceptors (Lipinski definition) is 6. The second-order valence-corrected chi connectivity index (χ2v) is 10.8. The van der Waals surface area contributed by atoms with Crippen LogP contribution in [0, 0.1) is 5.82 Å². The highest BCUT2D eigenvalue weighted by molar-refractivity contribution is 7.90. The lowest BCUT2D eigenvalue weighted by molar-refractivity contribution is 0.0594. The summed E-state index contributed by atoms with van der Waals surface area (Å²) in [5.41, 5.74) is 2.95. The number of nitrogens with zero attached hydrogens (tertiary/aromatic N) is 4. The van der Waals surface area contributed by atoms with E-state index in [0.29, 0.717) is 59.5 Å². The molecular weight excluding hydrogens is 485 g/mol. The van der Waals surface area contributed by atoms with Crippen molar-refractivity contribution < 1.29 is 22.3 Å². The zero-order valence-corrected chi connectivity index (χ0v) is 21.0. The van der Waals surface area contributed by atoms with Crippen molar-refractivity contribution in [2.24, 2.45) is 0 Å². The highest BCUT2D eigenvalue weighted by atomic mass is 32.2. The molecule has 0 unspecified atom stereocenters. The molecule has 1 aliphatic heterocycles. The number of halogens is 1. The Kier molecular flexibility index (Phi) is 6.15. The summed E-state index contributed by atoms with van der Waals surface area (Å²) in [5, 5.41) is 1.45. The van der Waals surface area contributed by atoms with Crippen LogP contribution in [0.2, 0.25) is 0 Å². The number of anilines is 1. The Hall–Kier alpha value is -3.54. The third kappa shape index (κ3) is 4.19. The molecule has 36 heavy (non-hydrogen) atoms. The van der Waals surface area contributed by atoms with Crippen LogP contribution < -0.4 is 4.31 Å². The minimum atomic E-state index is -3.67. The molecule has 1 saturated heterocycles. The first-order valence-electron chi connectivity index (χ1n) is 11.4. The number of rotatable bonds is 5. The van der Waals surface area contributed by atoms with Gasteiger partial charge in [-0.2, -0.15) is 12.7 Å². The summed E-state index contributed by atoms with van der Waals surface area (Å²) in [7, 11) is 1.11. The maximum absolute atomic E-state index is 13.9. The third-order valence-corrected chi connectivity index (χ3v) is 8.51. The molecule has 0 amide bonds. The van der Waals surface area contributed by atoms with Gasteiger partial charge in [-0.05, 0) is 43.4 Å². The Morgan fingerprint density at radius 1 is 1.06 bits per heavy atom. The number of nitrogens with one attached hydrogen (secondary N) is 1. The van der Waals surface area contributed by atoms with E-state index in [-0.39, 0.29) is 11.5 Å². The minimum absolute atomic E-state index is 0.115. The van der Waals surface area contributed by atoms with Crippen molar-refractivity contribution >= 4 is 43.7 Å². The van der Waals surface area contributed by atoms with Crippen LogP contribution in [-0.2, 0) is 14.9 Å². The van der Waals surface area contributed by atoms with Gasteiger partial charge in [-0.25, -0.2) is 14.2 Å². The number of piperazine rings is 1. The van der Waals surface area contributed by atoms with E-state index in [1.165, 1.54) is 34.9 Å². The molecule has 0 radical (unpaired) electrons. The maximum Gasteiger partial charge on any atom is 0.356 e. The van der Waals surface area contributed by atoms with Crippen molar-refractivity contribution in [1.82, 2.24) is 19.2 Å². The van der Waals surface area contributed by atoms with E-state index in [1.54, 1.807) is 36.4 Å². The molecule has 1 N–H and O–H groups in total. The summed E-state index contributed by atoms with van der Waals surface area (Å²) in [6.45, 7) is 2.23. The average molecular weight is 512 g/mol. The zero-order chi connectivity index (χ0) is 25.6. The standard InChI is InChI=1S/C25H26FN5O4S/c1-29-10-12-31(13-11-29)36(33,34)30(2)18-7-4-16(5-8-18)23-24-20(15-22(28-23)25(32)35-3)19-9-6-17(26)14-21(19)27-24/h4-9,14-15,27H,10-13H2,1-3H3. The molecular formula is C25H26FN5O4S. The van der Waals surface area contributed by atoms with Gasteiger partial charge in [0.1, 0.15) is 11.5 Å². The number of carbonyl (C=O) groups excluding carboxylic acids is 1. The second kappa shape index (κ2) is 9.16. The molecule has 4 aromatic rings. The van der Waals surface area contributed by atoms with Gasteiger partial charge in [-0.3, -0.25) is 4.31 Å². The smallest absolute Gasteiger partial charge is 0.356 e. The fourth-order valence-corrected chi connectivity index (χ4v) is 5.81. The fourth-order valence-electron chi connectivity index (χ4n) is 4.45. The molecule has 188 valence electrons. The van der Waals surface area contributed by atoms with Crippen LogP contribution in [0.1, 0.15) is 10.5 Å². The van der Waals surface area contributed by atoms with Gasteiger partial charge in [0.25, 0.3) is 0 Å². The molecule has 2 aromatic carbocycles. The summed E-state index contributed by atoms with van der Waals surface area (Å²) in [6.07, 6.45) is 0. The van der Waals surface area contributed by atoms with E-state index in [1.807, 2.05) is 7.05 Å². The lowest BCUT2D eigenvalue weighted by atomic mass is 10.1. The van der Waals surface area contributed by atoms with Crippen molar-refractivity contribution in [3.05, 3.63) is 60.0 Å². The lowest BCUT2D eigenvalue weighted by Crippen LogP contribution is -2.51. The number of aromatic nitrogens is 2. The molecule has 9 nitrogen and oxygen atoms in total. The Morgan fingerprint density at radius 2 is 1.75 bits per heavy atom. The number of benzene rings is 2. The number of esters is 1. The topological polar surface area (TPSA) is 98.8 Å². The molecule has 0 aliphatic carbocycles. The zero-order valence-electron chi connectivity index (χ0n) is 20.2. The molecule has 0 atom stereocenters. The first-order valence-corrected chi connectivity index (χ1v) is 12.8. The monoisotopic (exact) mass is 511 g/mol. The summed E-state index contributed by atoms with van der Waals surface area (Å²) in [6, 6.07) is 12.9. The van der Waals surface area contributed by atoms with Gasteiger partial charge >= 0.3 is 16.2 Å². The van der Waals surface area contributed by atoms with Gasteiger partial charge in [0.15, 0.2) is 0 Å². The third-order valence-electron chi connectivity index (χ3n) is 6.58. The molecule has 0 bridgehead atoms. The molecule has 11 heteroatoms. The largest absolute Gasteiger partial charge is 0.464 e. The van der Waals surface area contributed by atoms with Crippen molar-refractivity contribution in [2.75, 3.05) is 51.7 Å². The van der Waals surface area contributed by atoms with Crippen LogP contribution in [0.4, 0.5) is 10.1 Å². The molecule has 5 rings (SSSR count). The van der Waals surface area contributed by atoms with E-state index in [9.17, 15) is 17.6 Å². The van der Waals surface area contributed by atoms with Crippen LogP contribution in [0.5, 0.6) is 0 Å². The van der Waals surface area contributed by atoms with Crippen LogP contribution in [0.15, 0.2) is 48.5 Å². The van der Waals surface area contributed by atoms with Crippen molar-refractivity contribution in [1.29, 1.82) is 0 Å². The molecule has 2 aromatic heterocycles. The number of fused-ring (bicyclic) bond motifs is 3. The second-order valence-electron chi connectivity index (χ2n) is 8.81. The van der Waals surface area contributed by atoms with Crippen molar-refractivity contribution in [3.8, 4) is 11.3 Å². The highest BCUT2D eigenvalue weighted by Gasteiger charge is 2.30. The van der Waals surface area contributed by atoms with Gasteiger partial charge in [0.05, 0.1) is 24.0 Å². The Labute approximate surface area is 208 Å². The van der Waals surface area contributed by atoms with Crippen LogP contribution >= 0.6 is 0 Å². The number of aromatic amines is 1. The van der Waals surface area contributed by atoms with E-state index in [2.05, 4.69) is 14.9 Å². The summed E-state index contributed by atoms with van der Waals surface area (Å²) < 4.78 is 47.8. The number of H-pyrrole nitrogens is 1. The SMILES string of the molecule is COC(=O)c1cc2c([nH]c3cc(F)ccc32)c(-c2ccc(N(C)S(=O)(=O)N3CCN(C)CC3)cc2)n1. The molecule has 1 fully saturated rings. The van der Waals surface area contributed by atoms with Crippen molar-refractivity contribution in [3.63, 3.8) is 0 Å². The van der Waals surface area contributed by atoms with Crippen LogP contribution in [-0.4, -0.2) is 80.9 Å². The quantitative estimate of drug-likeness (QED) is 0.413. The van der Waals surface area contributed by atoms with E-state index < -0.39 is 16.2 Å².